The second kappa shape index (κ2) is 6.08. The summed E-state index contributed by atoms with van der Waals surface area (Å²) < 4.78 is 0. The van der Waals surface area contributed by atoms with E-state index in [0.717, 1.165) is 16.7 Å². The van der Waals surface area contributed by atoms with Crippen molar-refractivity contribution in [3.05, 3.63) is 94.8 Å². The number of pyridine rings is 1. The van der Waals surface area contributed by atoms with Gasteiger partial charge in [0.25, 0.3) is 5.56 Å². The Balaban J connectivity index is 1.76. The SMILES string of the molecule is O=c1[nH]c(Cc2cccnc2)nc2ccc(-c3ccccc3)cc12. The van der Waals surface area contributed by atoms with Gasteiger partial charge >= 0.3 is 0 Å². The molecule has 0 unspecified atom stereocenters. The number of hydrogen-bond acceptors (Lipinski definition) is 3. The second-order valence-corrected chi connectivity index (χ2v) is 5.65. The van der Waals surface area contributed by atoms with Gasteiger partial charge in [-0.15, -0.1) is 0 Å². The summed E-state index contributed by atoms with van der Waals surface area (Å²) >= 11 is 0. The molecule has 0 atom stereocenters. The number of nitrogens with zero attached hydrogens (tertiary/aromatic N) is 2. The third-order valence-corrected chi connectivity index (χ3v) is 3.96. The van der Waals surface area contributed by atoms with E-state index in [1.807, 2.05) is 60.7 Å². The Bertz CT molecular complexity index is 1040. The number of aromatic nitrogens is 3. The monoisotopic (exact) mass is 313 g/mol. The van der Waals surface area contributed by atoms with Crippen molar-refractivity contribution < 1.29 is 0 Å². The Labute approximate surface area is 138 Å². The van der Waals surface area contributed by atoms with Gasteiger partial charge in [0, 0.05) is 18.8 Å². The van der Waals surface area contributed by atoms with Crippen LogP contribution in [0.4, 0.5) is 0 Å². The average molecular weight is 313 g/mol. The fourth-order valence-corrected chi connectivity index (χ4v) is 2.78. The van der Waals surface area contributed by atoms with E-state index in [0.29, 0.717) is 23.1 Å². The number of hydrogen-bond donors (Lipinski definition) is 1. The minimum atomic E-state index is -0.114. The zero-order chi connectivity index (χ0) is 16.4. The average Bonchev–Trinajstić information content (AvgIpc) is 2.63. The van der Waals surface area contributed by atoms with Gasteiger partial charge in [-0.05, 0) is 34.9 Å². The molecule has 116 valence electrons. The summed E-state index contributed by atoms with van der Waals surface area (Å²) in [5.74, 6) is 0.646. The van der Waals surface area contributed by atoms with Crippen LogP contribution in [-0.2, 0) is 6.42 Å². The van der Waals surface area contributed by atoms with E-state index < -0.39 is 0 Å². The van der Waals surface area contributed by atoms with Crippen LogP contribution in [0.1, 0.15) is 11.4 Å². The highest BCUT2D eigenvalue weighted by Crippen LogP contribution is 2.22. The van der Waals surface area contributed by atoms with E-state index in [9.17, 15) is 4.79 Å². The van der Waals surface area contributed by atoms with E-state index in [1.54, 1.807) is 12.4 Å². The van der Waals surface area contributed by atoms with Gasteiger partial charge in [-0.2, -0.15) is 0 Å². The molecular weight excluding hydrogens is 298 g/mol. The van der Waals surface area contributed by atoms with E-state index in [4.69, 9.17) is 0 Å². The normalized spacial score (nSPS) is 10.8. The molecule has 4 nitrogen and oxygen atoms in total. The zero-order valence-corrected chi connectivity index (χ0v) is 12.9. The van der Waals surface area contributed by atoms with Gasteiger partial charge < -0.3 is 4.98 Å². The van der Waals surface area contributed by atoms with Crippen LogP contribution >= 0.6 is 0 Å². The van der Waals surface area contributed by atoms with E-state index in [1.165, 1.54) is 0 Å². The molecule has 0 spiro atoms. The van der Waals surface area contributed by atoms with Crippen molar-refractivity contribution in [2.24, 2.45) is 0 Å². The van der Waals surface area contributed by atoms with Crippen LogP contribution in [0.25, 0.3) is 22.0 Å². The van der Waals surface area contributed by atoms with Crippen molar-refractivity contribution in [3.8, 4) is 11.1 Å². The van der Waals surface area contributed by atoms with Crippen molar-refractivity contribution in [1.82, 2.24) is 15.0 Å². The smallest absolute Gasteiger partial charge is 0.258 e. The third-order valence-electron chi connectivity index (χ3n) is 3.96. The lowest BCUT2D eigenvalue weighted by molar-refractivity contribution is 0.966. The van der Waals surface area contributed by atoms with Gasteiger partial charge in [0.15, 0.2) is 0 Å². The maximum absolute atomic E-state index is 12.5. The Morgan fingerprint density at radius 1 is 0.917 bits per heavy atom. The van der Waals surface area contributed by atoms with Gasteiger partial charge in [-0.1, -0.05) is 42.5 Å². The van der Waals surface area contributed by atoms with Crippen LogP contribution in [0.15, 0.2) is 77.9 Å². The van der Waals surface area contributed by atoms with Crippen molar-refractivity contribution in [3.63, 3.8) is 0 Å². The number of rotatable bonds is 3. The quantitative estimate of drug-likeness (QED) is 0.629. The van der Waals surface area contributed by atoms with E-state index >= 15 is 0 Å². The molecule has 0 saturated heterocycles. The lowest BCUT2D eigenvalue weighted by Crippen LogP contribution is -2.12. The minimum Gasteiger partial charge on any atom is -0.310 e. The van der Waals surface area contributed by atoms with Crippen LogP contribution in [0.5, 0.6) is 0 Å². The fraction of sp³-hybridized carbons (Fsp3) is 0.0500. The van der Waals surface area contributed by atoms with Crippen LogP contribution < -0.4 is 5.56 Å². The summed E-state index contributed by atoms with van der Waals surface area (Å²) in [4.78, 5) is 24.0. The van der Waals surface area contributed by atoms with Crippen LogP contribution in [0, 0.1) is 0 Å². The molecule has 2 aromatic carbocycles. The largest absolute Gasteiger partial charge is 0.310 e. The van der Waals surface area contributed by atoms with Crippen molar-refractivity contribution in [2.75, 3.05) is 0 Å². The summed E-state index contributed by atoms with van der Waals surface area (Å²) in [6, 6.07) is 19.6. The fourth-order valence-electron chi connectivity index (χ4n) is 2.78. The molecule has 2 heterocycles. The molecule has 24 heavy (non-hydrogen) atoms. The molecule has 4 rings (SSSR count). The van der Waals surface area contributed by atoms with Crippen molar-refractivity contribution in [2.45, 2.75) is 6.42 Å². The second-order valence-electron chi connectivity index (χ2n) is 5.65. The number of aromatic amines is 1. The predicted octanol–water partition coefficient (Wildman–Crippen LogP) is 3.58. The van der Waals surface area contributed by atoms with Gasteiger partial charge in [0.1, 0.15) is 5.82 Å². The number of benzene rings is 2. The first kappa shape index (κ1) is 14.3. The number of H-pyrrole nitrogens is 1. The molecule has 0 amide bonds. The summed E-state index contributed by atoms with van der Waals surface area (Å²) in [5, 5.41) is 0.603. The van der Waals surface area contributed by atoms with Crippen LogP contribution in [-0.4, -0.2) is 15.0 Å². The molecule has 0 fully saturated rings. The number of fused-ring (bicyclic) bond motifs is 1. The molecular formula is C20H15N3O. The molecule has 0 aliphatic heterocycles. The Hall–Kier alpha value is -3.27. The number of nitrogens with one attached hydrogen (secondary N) is 1. The molecule has 0 aliphatic rings. The van der Waals surface area contributed by atoms with Crippen molar-refractivity contribution >= 4 is 10.9 Å². The maximum Gasteiger partial charge on any atom is 0.258 e. The van der Waals surface area contributed by atoms with Gasteiger partial charge in [0.05, 0.1) is 10.9 Å². The first-order valence-electron chi connectivity index (χ1n) is 7.77. The first-order chi connectivity index (χ1) is 11.8. The highest BCUT2D eigenvalue weighted by molar-refractivity contribution is 5.83. The standard InChI is InChI=1S/C20H15N3O/c24-20-17-12-16(15-6-2-1-3-7-15)8-9-18(17)22-19(23-20)11-14-5-4-10-21-13-14/h1-10,12-13H,11H2,(H,22,23,24). The Morgan fingerprint density at radius 2 is 1.79 bits per heavy atom. The molecule has 4 heteroatoms. The van der Waals surface area contributed by atoms with Gasteiger partial charge in [0.2, 0.25) is 0 Å². The predicted molar refractivity (Wildman–Crippen MR) is 94.8 cm³/mol. The third kappa shape index (κ3) is 2.82. The van der Waals surface area contributed by atoms with Crippen LogP contribution in [0.3, 0.4) is 0 Å². The summed E-state index contributed by atoms with van der Waals surface area (Å²) in [7, 11) is 0. The van der Waals surface area contributed by atoms with Gasteiger partial charge in [-0.25, -0.2) is 4.98 Å². The topological polar surface area (TPSA) is 58.6 Å². The molecule has 4 aromatic rings. The molecule has 0 bridgehead atoms. The lowest BCUT2D eigenvalue weighted by atomic mass is 10.0. The zero-order valence-electron chi connectivity index (χ0n) is 12.9. The summed E-state index contributed by atoms with van der Waals surface area (Å²) in [6.45, 7) is 0. The molecule has 2 aromatic heterocycles. The van der Waals surface area contributed by atoms with E-state index in [2.05, 4.69) is 15.0 Å². The Kier molecular flexibility index (Phi) is 3.63. The Morgan fingerprint density at radius 3 is 2.58 bits per heavy atom. The minimum absolute atomic E-state index is 0.114. The lowest BCUT2D eigenvalue weighted by Gasteiger charge is -2.06. The molecule has 0 aliphatic carbocycles. The van der Waals surface area contributed by atoms with E-state index in [-0.39, 0.29) is 5.56 Å². The first-order valence-corrected chi connectivity index (χ1v) is 7.77. The van der Waals surface area contributed by atoms with Crippen LogP contribution in [0.2, 0.25) is 0 Å². The van der Waals surface area contributed by atoms with Crippen molar-refractivity contribution in [1.29, 1.82) is 0 Å². The highest BCUT2D eigenvalue weighted by Gasteiger charge is 2.07. The van der Waals surface area contributed by atoms with Gasteiger partial charge in [-0.3, -0.25) is 9.78 Å². The summed E-state index contributed by atoms with van der Waals surface area (Å²) in [5.41, 5.74) is 3.70. The highest BCUT2D eigenvalue weighted by atomic mass is 16.1. The molecule has 0 radical (unpaired) electrons. The summed E-state index contributed by atoms with van der Waals surface area (Å²) in [6.07, 6.45) is 4.06. The maximum atomic E-state index is 12.5. The molecule has 0 saturated carbocycles. The molecule has 1 N–H and O–H groups in total.